The molecule has 4 aromatic rings. The number of nitrogens with zero attached hydrogens (tertiary/aromatic N) is 4. The molecule has 0 atom stereocenters. The average Bonchev–Trinajstić information content (AvgIpc) is 3.44. The van der Waals surface area contributed by atoms with Crippen LogP contribution >= 0.6 is 11.5 Å². The summed E-state index contributed by atoms with van der Waals surface area (Å²) in [6, 6.07) is 18.7. The second kappa shape index (κ2) is 7.01. The number of hydrogen-bond donors (Lipinski definition) is 1. The summed E-state index contributed by atoms with van der Waals surface area (Å²) >= 11 is 1.19. The first-order valence-corrected chi connectivity index (χ1v) is 9.91. The number of H-pyrrole nitrogens is 1. The second-order valence-corrected chi connectivity index (χ2v) is 7.35. The average molecular weight is 387 g/mol. The molecule has 3 heterocycles. The number of aromatic nitrogens is 4. The van der Waals surface area contributed by atoms with Gasteiger partial charge in [0.25, 0.3) is 5.91 Å². The zero-order valence-electron chi connectivity index (χ0n) is 15.0. The Morgan fingerprint density at radius 3 is 2.50 bits per heavy atom. The zero-order valence-corrected chi connectivity index (χ0v) is 15.8. The van der Waals surface area contributed by atoms with Crippen LogP contribution in [0.1, 0.15) is 21.7 Å². The standard InChI is InChI=1S/C21H17N5OS/c27-21(19-13-28-25-23-19)26-11-10-18-17(12-26)20(24-22-18)16-8-6-15(7-9-16)14-4-2-1-3-5-14/h1-9,13H,10-12H2,(H,22,24). The minimum Gasteiger partial charge on any atom is -0.332 e. The molecule has 0 unspecified atom stereocenters. The lowest BCUT2D eigenvalue weighted by Crippen LogP contribution is -2.36. The van der Waals surface area contributed by atoms with Crippen LogP contribution in [0.5, 0.6) is 0 Å². The normalized spacial score (nSPS) is 13.4. The monoisotopic (exact) mass is 387 g/mol. The zero-order chi connectivity index (χ0) is 18.9. The fourth-order valence-corrected chi connectivity index (χ4v) is 4.01. The van der Waals surface area contributed by atoms with Gasteiger partial charge < -0.3 is 4.90 Å². The van der Waals surface area contributed by atoms with Crippen LogP contribution in [0, 0.1) is 0 Å². The van der Waals surface area contributed by atoms with E-state index in [-0.39, 0.29) is 5.91 Å². The van der Waals surface area contributed by atoms with Crippen molar-refractivity contribution in [3.8, 4) is 22.4 Å². The SMILES string of the molecule is O=C(c1csnn1)N1CCc2[nH]nc(-c3ccc(-c4ccccc4)cc3)c2C1. The Hall–Kier alpha value is -3.32. The number of hydrogen-bond acceptors (Lipinski definition) is 5. The largest absolute Gasteiger partial charge is 0.332 e. The van der Waals surface area contributed by atoms with Crippen molar-refractivity contribution in [1.82, 2.24) is 24.7 Å². The lowest BCUT2D eigenvalue weighted by Gasteiger charge is -2.26. The molecule has 0 radical (unpaired) electrons. The molecule has 7 heteroatoms. The van der Waals surface area contributed by atoms with Gasteiger partial charge in [-0.05, 0) is 22.7 Å². The van der Waals surface area contributed by atoms with Crippen LogP contribution in [0.4, 0.5) is 0 Å². The summed E-state index contributed by atoms with van der Waals surface area (Å²) in [5.41, 5.74) is 6.89. The van der Waals surface area contributed by atoms with E-state index >= 15 is 0 Å². The number of nitrogens with one attached hydrogen (secondary N) is 1. The lowest BCUT2D eigenvalue weighted by molar-refractivity contribution is 0.0728. The summed E-state index contributed by atoms with van der Waals surface area (Å²) in [7, 11) is 0. The van der Waals surface area contributed by atoms with Crippen LogP contribution in [0.3, 0.4) is 0 Å². The molecule has 5 rings (SSSR count). The van der Waals surface area contributed by atoms with E-state index in [4.69, 9.17) is 0 Å². The lowest BCUT2D eigenvalue weighted by atomic mass is 9.98. The van der Waals surface area contributed by atoms with E-state index in [1.54, 1.807) is 5.38 Å². The fourth-order valence-electron chi connectivity index (χ4n) is 3.58. The third-order valence-electron chi connectivity index (χ3n) is 5.07. The van der Waals surface area contributed by atoms with Crippen LogP contribution in [0.25, 0.3) is 22.4 Å². The summed E-state index contributed by atoms with van der Waals surface area (Å²) in [5, 5.41) is 13.3. The van der Waals surface area contributed by atoms with E-state index in [1.807, 2.05) is 23.1 Å². The molecule has 0 fully saturated rings. The maximum atomic E-state index is 12.6. The molecule has 138 valence electrons. The molecule has 1 N–H and O–H groups in total. The van der Waals surface area contributed by atoms with Crippen LogP contribution in [-0.4, -0.2) is 37.1 Å². The summed E-state index contributed by atoms with van der Waals surface area (Å²) in [4.78, 5) is 14.5. The van der Waals surface area contributed by atoms with E-state index in [2.05, 4.69) is 56.2 Å². The highest BCUT2D eigenvalue weighted by atomic mass is 32.1. The van der Waals surface area contributed by atoms with Gasteiger partial charge in [-0.15, -0.1) is 5.10 Å². The number of benzene rings is 2. The molecule has 1 aliphatic heterocycles. The molecule has 2 aromatic heterocycles. The number of rotatable bonds is 3. The maximum absolute atomic E-state index is 12.6. The predicted molar refractivity (Wildman–Crippen MR) is 108 cm³/mol. The number of carbonyl (C=O) groups excluding carboxylic acids is 1. The Balaban J connectivity index is 1.43. The van der Waals surface area contributed by atoms with Gasteiger partial charge in [-0.2, -0.15) is 5.10 Å². The highest BCUT2D eigenvalue weighted by Gasteiger charge is 2.27. The Kier molecular flexibility index (Phi) is 4.21. The molecule has 6 nitrogen and oxygen atoms in total. The second-order valence-electron chi connectivity index (χ2n) is 6.74. The predicted octanol–water partition coefficient (Wildman–Crippen LogP) is 3.79. The Bertz CT molecular complexity index is 1100. The molecule has 2 aromatic carbocycles. The van der Waals surface area contributed by atoms with E-state index in [1.165, 1.54) is 22.7 Å². The molecule has 0 spiro atoms. The summed E-state index contributed by atoms with van der Waals surface area (Å²) in [6.07, 6.45) is 0.758. The first-order chi connectivity index (χ1) is 13.8. The van der Waals surface area contributed by atoms with E-state index in [0.717, 1.165) is 28.9 Å². The minimum absolute atomic E-state index is 0.0778. The van der Waals surface area contributed by atoms with Gasteiger partial charge in [0, 0.05) is 35.2 Å². The van der Waals surface area contributed by atoms with Crippen molar-refractivity contribution in [3.05, 3.63) is 76.9 Å². The first kappa shape index (κ1) is 16.8. The summed E-state index contributed by atoms with van der Waals surface area (Å²) < 4.78 is 3.80. The molecule has 28 heavy (non-hydrogen) atoms. The number of amides is 1. The summed E-state index contributed by atoms with van der Waals surface area (Å²) in [6.45, 7) is 1.18. The maximum Gasteiger partial charge on any atom is 0.275 e. The number of aromatic amines is 1. The smallest absolute Gasteiger partial charge is 0.275 e. The Labute approximate surface area is 166 Å². The van der Waals surface area contributed by atoms with E-state index in [0.29, 0.717) is 18.8 Å². The number of fused-ring (bicyclic) bond motifs is 1. The Morgan fingerprint density at radius 1 is 1.00 bits per heavy atom. The third-order valence-corrected chi connectivity index (χ3v) is 5.57. The van der Waals surface area contributed by atoms with Crippen LogP contribution < -0.4 is 0 Å². The molecular formula is C21H17N5OS. The van der Waals surface area contributed by atoms with Gasteiger partial charge in [0.15, 0.2) is 5.69 Å². The van der Waals surface area contributed by atoms with Gasteiger partial charge in [0.1, 0.15) is 0 Å². The Morgan fingerprint density at radius 2 is 1.75 bits per heavy atom. The van der Waals surface area contributed by atoms with Crippen molar-refractivity contribution in [2.75, 3.05) is 6.54 Å². The third kappa shape index (κ3) is 2.99. The van der Waals surface area contributed by atoms with Crippen molar-refractivity contribution < 1.29 is 4.79 Å². The number of carbonyl (C=O) groups is 1. The topological polar surface area (TPSA) is 74.8 Å². The minimum atomic E-state index is -0.0778. The highest BCUT2D eigenvalue weighted by Crippen LogP contribution is 2.30. The van der Waals surface area contributed by atoms with Crippen molar-refractivity contribution in [2.24, 2.45) is 0 Å². The van der Waals surface area contributed by atoms with Gasteiger partial charge >= 0.3 is 0 Å². The van der Waals surface area contributed by atoms with Gasteiger partial charge in [-0.25, -0.2) is 0 Å². The first-order valence-electron chi connectivity index (χ1n) is 9.08. The quantitative estimate of drug-likeness (QED) is 0.580. The van der Waals surface area contributed by atoms with E-state index < -0.39 is 0 Å². The highest BCUT2D eigenvalue weighted by molar-refractivity contribution is 7.03. The van der Waals surface area contributed by atoms with Crippen LogP contribution in [0.2, 0.25) is 0 Å². The van der Waals surface area contributed by atoms with Crippen molar-refractivity contribution >= 4 is 17.4 Å². The summed E-state index contributed by atoms with van der Waals surface area (Å²) in [5.74, 6) is -0.0778. The van der Waals surface area contributed by atoms with Crippen LogP contribution in [0.15, 0.2) is 60.0 Å². The molecule has 0 bridgehead atoms. The van der Waals surface area contributed by atoms with Crippen molar-refractivity contribution in [1.29, 1.82) is 0 Å². The van der Waals surface area contributed by atoms with Crippen molar-refractivity contribution in [3.63, 3.8) is 0 Å². The van der Waals surface area contributed by atoms with Gasteiger partial charge in [0.05, 0.1) is 12.2 Å². The molecule has 0 saturated heterocycles. The molecule has 0 aliphatic carbocycles. The van der Waals surface area contributed by atoms with Gasteiger partial charge in [-0.1, -0.05) is 59.1 Å². The van der Waals surface area contributed by atoms with Gasteiger partial charge in [-0.3, -0.25) is 9.89 Å². The van der Waals surface area contributed by atoms with Gasteiger partial charge in [0.2, 0.25) is 0 Å². The van der Waals surface area contributed by atoms with Crippen molar-refractivity contribution in [2.45, 2.75) is 13.0 Å². The fraction of sp³-hybridized carbons (Fsp3) is 0.143. The molecule has 1 aliphatic rings. The van der Waals surface area contributed by atoms with Crippen LogP contribution in [-0.2, 0) is 13.0 Å². The molecule has 0 saturated carbocycles. The van der Waals surface area contributed by atoms with E-state index in [9.17, 15) is 4.79 Å². The molecular weight excluding hydrogens is 370 g/mol. The molecule has 1 amide bonds.